The van der Waals surface area contributed by atoms with Crippen molar-refractivity contribution >= 4 is 0 Å². The molecule has 2 heterocycles. The predicted octanol–water partition coefficient (Wildman–Crippen LogP) is 1.73. The Balaban J connectivity index is 2.09. The minimum absolute atomic E-state index is 0.00254. The molecule has 8 heteroatoms. The normalized spacial score (nSPS) is 22.6. The number of pyridine rings is 1. The van der Waals surface area contributed by atoms with Gasteiger partial charge >= 0.3 is 6.18 Å². The van der Waals surface area contributed by atoms with Crippen molar-refractivity contribution in [3.05, 3.63) is 23.4 Å². The van der Waals surface area contributed by atoms with Gasteiger partial charge < -0.3 is 14.8 Å². The lowest BCUT2D eigenvalue weighted by Gasteiger charge is -2.28. The number of aromatic nitrogens is 1. The molecular weight excluding hydrogens is 287 g/mol. The minimum atomic E-state index is -4.58. The topological polar surface area (TPSA) is 67.2 Å². The third kappa shape index (κ3) is 4.06. The molecule has 0 spiro atoms. The SMILES string of the molecule is CC1CNCC(COc2nc(C(F)(F)F)ccc2C#N)O1. The average Bonchev–Trinajstić information content (AvgIpc) is 2.44. The van der Waals surface area contributed by atoms with Gasteiger partial charge in [0.1, 0.15) is 30.0 Å². The van der Waals surface area contributed by atoms with Crippen LogP contribution in [0, 0.1) is 11.3 Å². The van der Waals surface area contributed by atoms with Crippen LogP contribution in [0.5, 0.6) is 5.88 Å². The average molecular weight is 301 g/mol. The zero-order valence-electron chi connectivity index (χ0n) is 11.3. The lowest BCUT2D eigenvalue weighted by atomic mass is 10.2. The first-order chi connectivity index (χ1) is 9.90. The van der Waals surface area contributed by atoms with Gasteiger partial charge in [0.2, 0.25) is 5.88 Å². The fourth-order valence-electron chi connectivity index (χ4n) is 1.94. The highest BCUT2D eigenvalue weighted by Gasteiger charge is 2.33. The van der Waals surface area contributed by atoms with Gasteiger partial charge in [-0.05, 0) is 19.1 Å². The number of hydrogen-bond acceptors (Lipinski definition) is 5. The Hall–Kier alpha value is -1.85. The Kier molecular flexibility index (Phi) is 4.65. The van der Waals surface area contributed by atoms with Gasteiger partial charge in [-0.3, -0.25) is 0 Å². The summed E-state index contributed by atoms with van der Waals surface area (Å²) < 4.78 is 48.7. The molecule has 1 aromatic rings. The fraction of sp³-hybridized carbons (Fsp3) is 0.538. The molecule has 1 aromatic heterocycles. The zero-order valence-corrected chi connectivity index (χ0v) is 11.3. The molecule has 1 aliphatic rings. The second-order valence-corrected chi connectivity index (χ2v) is 4.70. The molecule has 2 rings (SSSR count). The Labute approximate surface area is 119 Å². The maximum absolute atomic E-state index is 12.6. The van der Waals surface area contributed by atoms with Crippen LogP contribution in [0.2, 0.25) is 0 Å². The van der Waals surface area contributed by atoms with E-state index in [9.17, 15) is 13.2 Å². The highest BCUT2D eigenvalue weighted by molar-refractivity contribution is 5.39. The quantitative estimate of drug-likeness (QED) is 0.921. The van der Waals surface area contributed by atoms with Crippen molar-refractivity contribution in [2.75, 3.05) is 19.7 Å². The van der Waals surface area contributed by atoms with E-state index in [0.29, 0.717) is 13.1 Å². The second kappa shape index (κ2) is 6.28. The summed E-state index contributed by atoms with van der Waals surface area (Å²) in [6, 6.07) is 3.56. The first kappa shape index (κ1) is 15.5. The maximum atomic E-state index is 12.6. The molecule has 2 atom stereocenters. The number of nitriles is 1. The standard InChI is InChI=1S/C13H14F3N3O2/c1-8-5-18-6-10(21-8)7-20-12-9(4-17)2-3-11(19-12)13(14,15)16/h2-3,8,10,18H,5-7H2,1H3. The number of halogens is 3. The van der Waals surface area contributed by atoms with Crippen molar-refractivity contribution in [3.8, 4) is 11.9 Å². The van der Waals surface area contributed by atoms with Crippen LogP contribution in [0.1, 0.15) is 18.2 Å². The summed E-state index contributed by atoms with van der Waals surface area (Å²) in [5.41, 5.74) is -1.13. The monoisotopic (exact) mass is 301 g/mol. The van der Waals surface area contributed by atoms with Gasteiger partial charge in [0.05, 0.1) is 6.10 Å². The second-order valence-electron chi connectivity index (χ2n) is 4.70. The van der Waals surface area contributed by atoms with Crippen LogP contribution in [0.3, 0.4) is 0 Å². The summed E-state index contributed by atoms with van der Waals surface area (Å²) in [6.07, 6.45) is -4.88. The van der Waals surface area contributed by atoms with Gasteiger partial charge in [-0.1, -0.05) is 0 Å². The van der Waals surface area contributed by atoms with Gasteiger partial charge in [-0.25, -0.2) is 4.98 Å². The molecule has 0 aromatic carbocycles. The van der Waals surface area contributed by atoms with Crippen molar-refractivity contribution in [2.24, 2.45) is 0 Å². The smallest absolute Gasteiger partial charge is 0.433 e. The molecule has 0 aliphatic carbocycles. The van der Waals surface area contributed by atoms with Crippen LogP contribution in [0.25, 0.3) is 0 Å². The van der Waals surface area contributed by atoms with Crippen LogP contribution in [0.4, 0.5) is 13.2 Å². The summed E-state index contributed by atoms with van der Waals surface area (Å²) in [5.74, 6) is -0.325. The molecule has 0 radical (unpaired) electrons. The molecular formula is C13H14F3N3O2. The van der Waals surface area contributed by atoms with Crippen molar-refractivity contribution < 1.29 is 22.6 Å². The van der Waals surface area contributed by atoms with Gasteiger partial charge in [-0.15, -0.1) is 0 Å². The molecule has 114 valence electrons. The highest BCUT2D eigenvalue weighted by Crippen LogP contribution is 2.30. The Morgan fingerprint density at radius 1 is 1.48 bits per heavy atom. The van der Waals surface area contributed by atoms with E-state index >= 15 is 0 Å². The van der Waals surface area contributed by atoms with Crippen LogP contribution >= 0.6 is 0 Å². The van der Waals surface area contributed by atoms with E-state index in [4.69, 9.17) is 14.7 Å². The lowest BCUT2D eigenvalue weighted by molar-refractivity contribution is -0.141. The Morgan fingerprint density at radius 2 is 2.24 bits per heavy atom. The Bertz CT molecular complexity index is 542. The van der Waals surface area contributed by atoms with Crippen molar-refractivity contribution in [3.63, 3.8) is 0 Å². The van der Waals surface area contributed by atoms with Gasteiger partial charge in [0.15, 0.2) is 0 Å². The third-order valence-electron chi connectivity index (χ3n) is 2.91. The van der Waals surface area contributed by atoms with Crippen LogP contribution in [-0.4, -0.2) is 36.9 Å². The fourth-order valence-corrected chi connectivity index (χ4v) is 1.94. The van der Waals surface area contributed by atoms with Crippen molar-refractivity contribution in [1.82, 2.24) is 10.3 Å². The number of morpholine rings is 1. The molecule has 1 fully saturated rings. The molecule has 2 unspecified atom stereocenters. The molecule has 0 saturated carbocycles. The molecule has 1 aliphatic heterocycles. The van der Waals surface area contributed by atoms with E-state index in [1.807, 2.05) is 6.92 Å². The van der Waals surface area contributed by atoms with E-state index in [1.165, 1.54) is 0 Å². The zero-order chi connectivity index (χ0) is 15.5. The van der Waals surface area contributed by atoms with Crippen LogP contribution in [0.15, 0.2) is 12.1 Å². The molecule has 1 N–H and O–H groups in total. The largest absolute Gasteiger partial charge is 0.474 e. The summed E-state index contributed by atoms with van der Waals surface area (Å²) in [5, 5.41) is 12.0. The van der Waals surface area contributed by atoms with Crippen molar-refractivity contribution in [1.29, 1.82) is 5.26 Å². The first-order valence-corrected chi connectivity index (χ1v) is 6.37. The first-order valence-electron chi connectivity index (χ1n) is 6.37. The number of alkyl halides is 3. The van der Waals surface area contributed by atoms with E-state index in [-0.39, 0.29) is 30.3 Å². The minimum Gasteiger partial charge on any atom is -0.474 e. The molecule has 0 amide bonds. The van der Waals surface area contributed by atoms with E-state index < -0.39 is 11.9 Å². The van der Waals surface area contributed by atoms with Gasteiger partial charge in [0.25, 0.3) is 0 Å². The summed E-state index contributed by atoms with van der Waals surface area (Å²) in [7, 11) is 0. The number of rotatable bonds is 3. The molecule has 0 bridgehead atoms. The van der Waals surface area contributed by atoms with Crippen LogP contribution in [-0.2, 0) is 10.9 Å². The summed E-state index contributed by atoms with van der Waals surface area (Å²) >= 11 is 0. The lowest BCUT2D eigenvalue weighted by Crippen LogP contribution is -2.45. The number of hydrogen-bond donors (Lipinski definition) is 1. The highest BCUT2D eigenvalue weighted by atomic mass is 19.4. The van der Waals surface area contributed by atoms with Crippen LogP contribution < -0.4 is 10.1 Å². The molecule has 1 saturated heterocycles. The third-order valence-corrected chi connectivity index (χ3v) is 2.91. The summed E-state index contributed by atoms with van der Waals surface area (Å²) in [6.45, 7) is 3.15. The van der Waals surface area contributed by atoms with E-state index in [2.05, 4.69) is 10.3 Å². The van der Waals surface area contributed by atoms with E-state index in [0.717, 1.165) is 12.1 Å². The van der Waals surface area contributed by atoms with Crippen molar-refractivity contribution in [2.45, 2.75) is 25.3 Å². The maximum Gasteiger partial charge on any atom is 0.433 e. The summed E-state index contributed by atoms with van der Waals surface area (Å²) in [4.78, 5) is 3.37. The number of ether oxygens (including phenoxy) is 2. The number of nitrogens with one attached hydrogen (secondary N) is 1. The number of nitrogens with zero attached hydrogens (tertiary/aromatic N) is 2. The molecule has 21 heavy (non-hydrogen) atoms. The van der Waals surface area contributed by atoms with Gasteiger partial charge in [-0.2, -0.15) is 18.4 Å². The molecule has 5 nitrogen and oxygen atoms in total. The van der Waals surface area contributed by atoms with E-state index in [1.54, 1.807) is 6.07 Å². The van der Waals surface area contributed by atoms with Gasteiger partial charge in [0, 0.05) is 13.1 Å². The Morgan fingerprint density at radius 3 is 2.86 bits per heavy atom. The predicted molar refractivity (Wildman–Crippen MR) is 66.7 cm³/mol.